The van der Waals surface area contributed by atoms with Gasteiger partial charge in [0, 0.05) is 36.1 Å². The molecule has 1 aliphatic heterocycles. The van der Waals surface area contributed by atoms with Crippen LogP contribution in [0, 0.1) is 19.8 Å². The molecular weight excluding hydrogens is 344 g/mol. The first-order chi connectivity index (χ1) is 12.7. The average Bonchev–Trinajstić information content (AvgIpc) is 3.24. The minimum atomic E-state index is 0.625. The summed E-state index contributed by atoms with van der Waals surface area (Å²) in [5.74, 6) is 1.42. The molecule has 0 saturated carbocycles. The lowest BCUT2D eigenvalue weighted by molar-refractivity contribution is 0.167. The van der Waals surface area contributed by atoms with Crippen molar-refractivity contribution in [3.05, 3.63) is 46.1 Å². The predicted octanol–water partition coefficient (Wildman–Crippen LogP) is 3.39. The van der Waals surface area contributed by atoms with Crippen molar-refractivity contribution in [3.63, 3.8) is 0 Å². The zero-order chi connectivity index (χ0) is 17.9. The van der Waals surface area contributed by atoms with E-state index in [9.17, 15) is 0 Å². The van der Waals surface area contributed by atoms with Crippen molar-refractivity contribution < 1.29 is 0 Å². The molecular formula is C19H24N6S. The van der Waals surface area contributed by atoms with Crippen molar-refractivity contribution in [1.82, 2.24) is 29.8 Å². The molecule has 0 spiro atoms. The Kier molecular flexibility index (Phi) is 5.08. The van der Waals surface area contributed by atoms with Crippen LogP contribution in [0.15, 0.2) is 24.1 Å². The van der Waals surface area contributed by atoms with Crippen LogP contribution in [0.1, 0.15) is 34.8 Å². The first kappa shape index (κ1) is 17.3. The summed E-state index contributed by atoms with van der Waals surface area (Å²) in [5.41, 5.74) is 6.03. The third-order valence-electron chi connectivity index (χ3n) is 4.94. The molecule has 0 unspecified atom stereocenters. The number of aryl methyl sites for hydroxylation is 2. The molecule has 0 bridgehead atoms. The summed E-state index contributed by atoms with van der Waals surface area (Å²) in [6.45, 7) is 7.40. The van der Waals surface area contributed by atoms with Crippen LogP contribution >= 0.6 is 11.3 Å². The molecule has 3 aromatic rings. The lowest BCUT2D eigenvalue weighted by atomic mass is 9.93. The van der Waals surface area contributed by atoms with Crippen molar-refractivity contribution in [2.75, 3.05) is 13.1 Å². The Hall–Kier alpha value is -2.12. The lowest BCUT2D eigenvalue weighted by Crippen LogP contribution is -2.35. The molecule has 4 heterocycles. The molecule has 26 heavy (non-hydrogen) atoms. The summed E-state index contributed by atoms with van der Waals surface area (Å²) in [7, 11) is 0. The van der Waals surface area contributed by atoms with Crippen LogP contribution in [-0.2, 0) is 13.0 Å². The van der Waals surface area contributed by atoms with E-state index in [4.69, 9.17) is 4.98 Å². The van der Waals surface area contributed by atoms with Gasteiger partial charge in [0.1, 0.15) is 5.69 Å². The van der Waals surface area contributed by atoms with Crippen molar-refractivity contribution in [1.29, 1.82) is 0 Å². The Bertz CT molecular complexity index is 870. The molecule has 1 atom stereocenters. The highest BCUT2D eigenvalue weighted by Gasteiger charge is 2.22. The van der Waals surface area contributed by atoms with E-state index in [0.717, 1.165) is 42.4 Å². The molecule has 1 fully saturated rings. The number of imidazole rings is 1. The first-order valence-electron chi connectivity index (χ1n) is 9.11. The van der Waals surface area contributed by atoms with E-state index in [1.54, 1.807) is 17.5 Å². The van der Waals surface area contributed by atoms with Gasteiger partial charge in [0.2, 0.25) is 0 Å². The van der Waals surface area contributed by atoms with Gasteiger partial charge in [-0.1, -0.05) is 0 Å². The van der Waals surface area contributed by atoms with Crippen LogP contribution in [0.2, 0.25) is 0 Å². The molecule has 136 valence electrons. The summed E-state index contributed by atoms with van der Waals surface area (Å²) < 4.78 is 0. The van der Waals surface area contributed by atoms with Crippen molar-refractivity contribution in [3.8, 4) is 11.5 Å². The second kappa shape index (κ2) is 7.63. The fourth-order valence-corrected chi connectivity index (χ4v) is 4.42. The molecule has 0 amide bonds. The highest BCUT2D eigenvalue weighted by molar-refractivity contribution is 7.09. The van der Waals surface area contributed by atoms with E-state index in [2.05, 4.69) is 31.8 Å². The summed E-state index contributed by atoms with van der Waals surface area (Å²) in [4.78, 5) is 25.1. The normalized spacial score (nSPS) is 18.3. The Morgan fingerprint density at radius 1 is 1.23 bits per heavy atom. The van der Waals surface area contributed by atoms with Crippen LogP contribution in [0.3, 0.4) is 0 Å². The van der Waals surface area contributed by atoms with Crippen molar-refractivity contribution >= 4 is 11.3 Å². The van der Waals surface area contributed by atoms with Gasteiger partial charge in [-0.05, 0) is 45.6 Å². The number of aromatic amines is 1. The van der Waals surface area contributed by atoms with E-state index in [0.29, 0.717) is 5.92 Å². The SMILES string of the molecule is Cc1cnc(-c2cncc(C[C@H]3CCCN(Cc4scnc4C)C3)n2)[nH]1. The molecule has 1 aliphatic rings. The molecule has 3 aromatic heterocycles. The molecule has 0 radical (unpaired) electrons. The second-order valence-corrected chi connectivity index (χ2v) is 8.06. The molecule has 1 saturated heterocycles. The number of hydrogen-bond acceptors (Lipinski definition) is 6. The summed E-state index contributed by atoms with van der Waals surface area (Å²) in [6.07, 6.45) is 8.97. The van der Waals surface area contributed by atoms with E-state index in [1.807, 2.05) is 24.8 Å². The van der Waals surface area contributed by atoms with E-state index in [1.165, 1.54) is 30.0 Å². The Labute approximate surface area is 157 Å². The number of H-pyrrole nitrogens is 1. The van der Waals surface area contributed by atoms with E-state index < -0.39 is 0 Å². The van der Waals surface area contributed by atoms with Gasteiger partial charge in [0.15, 0.2) is 5.82 Å². The minimum Gasteiger partial charge on any atom is -0.341 e. The van der Waals surface area contributed by atoms with Gasteiger partial charge in [-0.25, -0.2) is 15.0 Å². The fourth-order valence-electron chi connectivity index (χ4n) is 3.60. The van der Waals surface area contributed by atoms with Crippen molar-refractivity contribution in [2.45, 2.75) is 39.7 Å². The molecule has 7 heteroatoms. The Balaban J connectivity index is 1.41. The van der Waals surface area contributed by atoms with Crippen LogP contribution in [0.25, 0.3) is 11.5 Å². The fraction of sp³-hybridized carbons (Fsp3) is 0.474. The maximum absolute atomic E-state index is 4.78. The number of thiazole rings is 1. The highest BCUT2D eigenvalue weighted by Crippen LogP contribution is 2.24. The number of piperidine rings is 1. The van der Waals surface area contributed by atoms with Gasteiger partial charge in [0.25, 0.3) is 0 Å². The zero-order valence-corrected chi connectivity index (χ0v) is 16.1. The van der Waals surface area contributed by atoms with Crippen LogP contribution < -0.4 is 0 Å². The first-order valence-corrected chi connectivity index (χ1v) is 9.99. The third kappa shape index (κ3) is 3.99. The van der Waals surface area contributed by atoms with Gasteiger partial charge in [-0.3, -0.25) is 9.88 Å². The van der Waals surface area contributed by atoms with Crippen LogP contribution in [0.4, 0.5) is 0 Å². The Morgan fingerprint density at radius 2 is 2.15 bits per heavy atom. The van der Waals surface area contributed by atoms with Gasteiger partial charge in [0.05, 0.1) is 23.1 Å². The molecule has 1 N–H and O–H groups in total. The number of rotatable bonds is 5. The molecule has 0 aromatic carbocycles. The monoisotopic (exact) mass is 368 g/mol. The average molecular weight is 369 g/mol. The number of likely N-dealkylation sites (tertiary alicyclic amines) is 1. The molecule has 4 rings (SSSR count). The highest BCUT2D eigenvalue weighted by atomic mass is 32.1. The van der Waals surface area contributed by atoms with Gasteiger partial charge < -0.3 is 4.98 Å². The third-order valence-corrected chi connectivity index (χ3v) is 5.86. The Morgan fingerprint density at radius 3 is 2.92 bits per heavy atom. The minimum absolute atomic E-state index is 0.625. The van der Waals surface area contributed by atoms with Gasteiger partial charge >= 0.3 is 0 Å². The summed E-state index contributed by atoms with van der Waals surface area (Å²) >= 11 is 1.76. The standard InChI is InChI=1S/C19H24N6S/c1-13-7-21-19(23-13)17-9-20-8-16(24-17)6-15-4-3-5-25(10-15)11-18-14(2)22-12-26-18/h7-9,12,15H,3-6,10-11H2,1-2H3,(H,21,23)/t15-/m1/s1. The van der Waals surface area contributed by atoms with E-state index >= 15 is 0 Å². The van der Waals surface area contributed by atoms with E-state index in [-0.39, 0.29) is 0 Å². The number of aromatic nitrogens is 5. The predicted molar refractivity (Wildman–Crippen MR) is 103 cm³/mol. The smallest absolute Gasteiger partial charge is 0.157 e. The van der Waals surface area contributed by atoms with Crippen LogP contribution in [0.5, 0.6) is 0 Å². The summed E-state index contributed by atoms with van der Waals surface area (Å²) in [5, 5.41) is 0. The number of nitrogens with zero attached hydrogens (tertiary/aromatic N) is 5. The van der Waals surface area contributed by atoms with Gasteiger partial charge in [-0.2, -0.15) is 0 Å². The zero-order valence-electron chi connectivity index (χ0n) is 15.3. The maximum Gasteiger partial charge on any atom is 0.157 e. The maximum atomic E-state index is 4.78. The largest absolute Gasteiger partial charge is 0.341 e. The van der Waals surface area contributed by atoms with Gasteiger partial charge in [-0.15, -0.1) is 11.3 Å². The molecule has 6 nitrogen and oxygen atoms in total. The van der Waals surface area contributed by atoms with Crippen molar-refractivity contribution in [2.24, 2.45) is 5.92 Å². The molecule has 0 aliphatic carbocycles. The topological polar surface area (TPSA) is 70.6 Å². The van der Waals surface area contributed by atoms with Crippen LogP contribution in [-0.4, -0.2) is 42.9 Å². The number of hydrogen-bond donors (Lipinski definition) is 1. The second-order valence-electron chi connectivity index (χ2n) is 7.12. The lowest BCUT2D eigenvalue weighted by Gasteiger charge is -2.32. The summed E-state index contributed by atoms with van der Waals surface area (Å²) in [6, 6.07) is 0. The number of nitrogens with one attached hydrogen (secondary N) is 1. The quantitative estimate of drug-likeness (QED) is 0.747.